The number of carbonyl (C=O) groups is 1. The first kappa shape index (κ1) is 19.5. The maximum Gasteiger partial charge on any atom is 0.228 e. The number of aromatic nitrogens is 2. The van der Waals surface area contributed by atoms with Crippen molar-refractivity contribution in [1.82, 2.24) is 14.9 Å². The van der Waals surface area contributed by atoms with Gasteiger partial charge in [-0.2, -0.15) is 11.8 Å². The highest BCUT2D eigenvalue weighted by Crippen LogP contribution is 2.29. The van der Waals surface area contributed by atoms with Crippen LogP contribution >= 0.6 is 11.8 Å². The van der Waals surface area contributed by atoms with Crippen molar-refractivity contribution < 1.29 is 4.79 Å². The minimum absolute atomic E-state index is 0.102. The number of hydrogen-bond acceptors (Lipinski definition) is 5. The molecular weight excluding hydrogens is 392 g/mol. The van der Waals surface area contributed by atoms with Crippen LogP contribution in [0.25, 0.3) is 10.9 Å². The first-order valence-corrected chi connectivity index (χ1v) is 11.7. The van der Waals surface area contributed by atoms with Gasteiger partial charge in [-0.25, -0.2) is 9.97 Å². The Labute approximate surface area is 181 Å². The Hall–Kier alpha value is -2.44. The predicted molar refractivity (Wildman–Crippen MR) is 123 cm³/mol. The van der Waals surface area contributed by atoms with E-state index in [1.54, 1.807) is 0 Å². The second-order valence-electron chi connectivity index (χ2n) is 8.30. The quantitative estimate of drug-likeness (QED) is 0.668. The number of para-hydroxylation sites is 1. The molecule has 5 rings (SSSR count). The van der Waals surface area contributed by atoms with Crippen molar-refractivity contribution in [3.63, 3.8) is 0 Å². The number of fused-ring (bicyclic) bond motifs is 2. The summed E-state index contributed by atoms with van der Waals surface area (Å²) in [5, 5.41) is 4.73. The van der Waals surface area contributed by atoms with E-state index >= 15 is 0 Å². The van der Waals surface area contributed by atoms with E-state index in [4.69, 9.17) is 4.98 Å². The van der Waals surface area contributed by atoms with Gasteiger partial charge in [-0.1, -0.05) is 30.3 Å². The zero-order chi connectivity index (χ0) is 20.5. The highest BCUT2D eigenvalue weighted by atomic mass is 32.2. The summed E-state index contributed by atoms with van der Waals surface area (Å²) in [7, 11) is 0. The normalized spacial score (nSPS) is 17.3. The molecule has 0 bridgehead atoms. The van der Waals surface area contributed by atoms with Crippen LogP contribution in [-0.2, 0) is 23.5 Å². The molecule has 0 atom stereocenters. The largest absolute Gasteiger partial charge is 0.326 e. The molecule has 1 aromatic heterocycles. The maximum atomic E-state index is 11.5. The smallest absolute Gasteiger partial charge is 0.228 e. The third-order valence-electron chi connectivity index (χ3n) is 6.05. The van der Waals surface area contributed by atoms with Crippen LogP contribution in [0.2, 0.25) is 0 Å². The lowest BCUT2D eigenvalue weighted by molar-refractivity contribution is -0.115. The fraction of sp³-hybridized carbons (Fsp3) is 0.375. The Morgan fingerprint density at radius 1 is 1.20 bits per heavy atom. The van der Waals surface area contributed by atoms with Crippen molar-refractivity contribution >= 4 is 34.3 Å². The van der Waals surface area contributed by atoms with E-state index in [1.165, 1.54) is 24.0 Å². The number of rotatable bonds is 5. The molecule has 2 aliphatic rings. The summed E-state index contributed by atoms with van der Waals surface area (Å²) in [6, 6.07) is 12.6. The van der Waals surface area contributed by atoms with Crippen LogP contribution in [0.1, 0.15) is 35.4 Å². The minimum Gasteiger partial charge on any atom is -0.326 e. The Kier molecular flexibility index (Phi) is 5.44. The fourth-order valence-electron chi connectivity index (χ4n) is 4.35. The molecule has 0 radical (unpaired) electrons. The van der Waals surface area contributed by atoms with Crippen LogP contribution in [0, 0.1) is 6.92 Å². The van der Waals surface area contributed by atoms with Crippen molar-refractivity contribution in [3.8, 4) is 0 Å². The number of nitrogens with one attached hydrogen (secondary N) is 1. The zero-order valence-electron chi connectivity index (χ0n) is 17.2. The first-order chi connectivity index (χ1) is 14.6. The molecule has 154 valence electrons. The number of amides is 1. The number of carbonyl (C=O) groups excluding carboxylic acids is 1. The molecule has 6 heteroatoms. The lowest BCUT2D eigenvalue weighted by Gasteiger charge is -2.31. The molecule has 1 N–H and O–H groups in total. The third-order valence-corrected chi connectivity index (χ3v) is 7.42. The summed E-state index contributed by atoms with van der Waals surface area (Å²) in [6.45, 7) is 5.28. The van der Waals surface area contributed by atoms with Crippen LogP contribution in [0.15, 0.2) is 42.6 Å². The van der Waals surface area contributed by atoms with Crippen molar-refractivity contribution in [2.24, 2.45) is 0 Å². The van der Waals surface area contributed by atoms with E-state index < -0.39 is 0 Å². The molecule has 0 aliphatic carbocycles. The molecule has 1 fully saturated rings. The molecule has 2 aromatic carbocycles. The topological polar surface area (TPSA) is 58.1 Å². The number of benzene rings is 2. The molecule has 0 saturated carbocycles. The van der Waals surface area contributed by atoms with Gasteiger partial charge >= 0.3 is 0 Å². The second kappa shape index (κ2) is 8.36. The standard InChI is InChI=1S/C24H26N4OS/c1-16-3-2-4-19-13-25-22(27-24(16)19)15-30-20-7-9-28(10-8-20)14-17-5-6-18-12-23(29)26-21(18)11-17/h2-6,11,13,20H,7-10,12,14-15H2,1H3,(H,26,29). The predicted octanol–water partition coefficient (Wildman–Crippen LogP) is 4.33. The number of anilines is 1. The highest BCUT2D eigenvalue weighted by molar-refractivity contribution is 7.99. The number of hydrogen-bond donors (Lipinski definition) is 1. The van der Waals surface area contributed by atoms with E-state index in [-0.39, 0.29) is 5.91 Å². The van der Waals surface area contributed by atoms with Gasteiger partial charge in [-0.05, 0) is 55.6 Å². The zero-order valence-corrected chi connectivity index (χ0v) is 18.0. The van der Waals surface area contributed by atoms with Crippen LogP contribution in [0.3, 0.4) is 0 Å². The molecule has 1 saturated heterocycles. The summed E-state index contributed by atoms with van der Waals surface area (Å²) < 4.78 is 0. The van der Waals surface area contributed by atoms with Crippen LogP contribution in [-0.4, -0.2) is 39.1 Å². The monoisotopic (exact) mass is 418 g/mol. The SMILES string of the molecule is Cc1cccc2cnc(CSC3CCN(Cc4ccc5c(c4)NC(=O)C5)CC3)nc12. The lowest BCUT2D eigenvalue weighted by Crippen LogP contribution is -2.34. The highest BCUT2D eigenvalue weighted by Gasteiger charge is 2.22. The Bertz CT molecular complexity index is 1090. The molecule has 30 heavy (non-hydrogen) atoms. The van der Waals surface area contributed by atoms with Gasteiger partial charge in [0.15, 0.2) is 0 Å². The van der Waals surface area contributed by atoms with Gasteiger partial charge in [-0.3, -0.25) is 9.69 Å². The Morgan fingerprint density at radius 3 is 2.93 bits per heavy atom. The average Bonchev–Trinajstić information content (AvgIpc) is 3.13. The summed E-state index contributed by atoms with van der Waals surface area (Å²) in [4.78, 5) is 23.4. The second-order valence-corrected chi connectivity index (χ2v) is 9.59. The van der Waals surface area contributed by atoms with E-state index in [0.717, 1.165) is 53.4 Å². The van der Waals surface area contributed by atoms with Crippen molar-refractivity contribution in [2.75, 3.05) is 18.4 Å². The van der Waals surface area contributed by atoms with Crippen molar-refractivity contribution in [2.45, 2.75) is 43.7 Å². The molecule has 1 amide bonds. The number of piperidine rings is 1. The van der Waals surface area contributed by atoms with Crippen LogP contribution < -0.4 is 5.32 Å². The van der Waals surface area contributed by atoms with E-state index in [1.807, 2.05) is 18.0 Å². The maximum absolute atomic E-state index is 11.5. The van der Waals surface area contributed by atoms with Crippen LogP contribution in [0.4, 0.5) is 5.69 Å². The summed E-state index contributed by atoms with van der Waals surface area (Å²) in [6.07, 6.45) is 4.85. The van der Waals surface area contributed by atoms with Gasteiger partial charge in [0.2, 0.25) is 5.91 Å². The molecule has 5 nitrogen and oxygen atoms in total. The minimum atomic E-state index is 0.102. The van der Waals surface area contributed by atoms with Gasteiger partial charge in [0.05, 0.1) is 17.7 Å². The van der Waals surface area contributed by atoms with Gasteiger partial charge in [0, 0.05) is 29.1 Å². The first-order valence-electron chi connectivity index (χ1n) is 10.6. The van der Waals surface area contributed by atoms with Gasteiger partial charge in [-0.15, -0.1) is 0 Å². The van der Waals surface area contributed by atoms with Gasteiger partial charge in [0.1, 0.15) is 5.82 Å². The Balaban J connectivity index is 1.13. The van der Waals surface area contributed by atoms with Crippen molar-refractivity contribution in [1.29, 1.82) is 0 Å². The van der Waals surface area contributed by atoms with E-state index in [0.29, 0.717) is 11.7 Å². The van der Waals surface area contributed by atoms with Crippen molar-refractivity contribution in [3.05, 3.63) is 65.1 Å². The average molecular weight is 419 g/mol. The molecule has 2 aliphatic heterocycles. The number of nitrogens with zero attached hydrogens (tertiary/aromatic N) is 3. The molecule has 3 heterocycles. The number of likely N-dealkylation sites (tertiary alicyclic amines) is 1. The van der Waals surface area contributed by atoms with E-state index in [2.05, 4.69) is 58.5 Å². The summed E-state index contributed by atoms with van der Waals surface area (Å²) >= 11 is 1.99. The molecular formula is C24H26N4OS. The molecule has 0 spiro atoms. The van der Waals surface area contributed by atoms with Crippen LogP contribution in [0.5, 0.6) is 0 Å². The lowest BCUT2D eigenvalue weighted by atomic mass is 10.1. The molecule has 0 unspecified atom stereocenters. The van der Waals surface area contributed by atoms with Gasteiger partial charge in [0.25, 0.3) is 0 Å². The number of thioether (sulfide) groups is 1. The fourth-order valence-corrected chi connectivity index (χ4v) is 5.42. The Morgan fingerprint density at radius 2 is 2.07 bits per heavy atom. The van der Waals surface area contributed by atoms with Gasteiger partial charge < -0.3 is 5.32 Å². The number of aryl methyl sites for hydroxylation is 1. The molecule has 3 aromatic rings. The summed E-state index contributed by atoms with van der Waals surface area (Å²) in [5.41, 5.74) is 5.67. The summed E-state index contributed by atoms with van der Waals surface area (Å²) in [5.74, 6) is 1.91. The van der Waals surface area contributed by atoms with E-state index in [9.17, 15) is 4.79 Å². The third kappa shape index (κ3) is 4.20.